The van der Waals surface area contributed by atoms with E-state index in [0.29, 0.717) is 24.7 Å². The van der Waals surface area contributed by atoms with E-state index in [2.05, 4.69) is 20.8 Å². The van der Waals surface area contributed by atoms with Gasteiger partial charge in [0, 0.05) is 25.7 Å². The van der Waals surface area contributed by atoms with Gasteiger partial charge in [-0.25, -0.2) is 0 Å². The molecule has 2 bridgehead atoms. The maximum Gasteiger partial charge on any atom is 0.166 e. The Bertz CT molecular complexity index is 506. The Kier molecular flexibility index (Phi) is 3.87. The van der Waals surface area contributed by atoms with Gasteiger partial charge in [0.05, 0.1) is 18.3 Å². The van der Waals surface area contributed by atoms with Gasteiger partial charge in [0.15, 0.2) is 11.6 Å². The zero-order chi connectivity index (χ0) is 17.3. The zero-order valence-corrected chi connectivity index (χ0v) is 15.6. The van der Waals surface area contributed by atoms with E-state index in [0.717, 1.165) is 19.3 Å². The summed E-state index contributed by atoms with van der Waals surface area (Å²) in [6.45, 7) is 10.5. The Morgan fingerprint density at radius 3 is 2.50 bits per heavy atom. The molecule has 1 aliphatic carbocycles. The lowest BCUT2D eigenvalue weighted by atomic mass is 9.75. The highest BCUT2D eigenvalue weighted by molar-refractivity contribution is 5.12. The Hall–Kier alpha value is -0.200. The molecular weight excluding hydrogens is 308 g/mol. The van der Waals surface area contributed by atoms with E-state index in [1.807, 2.05) is 13.8 Å². The van der Waals surface area contributed by atoms with Crippen molar-refractivity contribution in [2.45, 2.75) is 108 Å². The molecule has 138 valence electrons. The summed E-state index contributed by atoms with van der Waals surface area (Å²) in [5.41, 5.74) is -0.417. The fraction of sp³-hybridized carbons (Fsp3) is 1.00. The summed E-state index contributed by atoms with van der Waals surface area (Å²) in [5, 5.41) is 11.1. The minimum absolute atomic E-state index is 0.00591. The molecule has 0 aromatic rings. The number of fused-ring (bicyclic) bond motifs is 3. The van der Waals surface area contributed by atoms with Gasteiger partial charge in [-0.1, -0.05) is 20.8 Å². The lowest BCUT2D eigenvalue weighted by Gasteiger charge is -2.49. The summed E-state index contributed by atoms with van der Waals surface area (Å²) < 4.78 is 24.9. The van der Waals surface area contributed by atoms with Crippen molar-refractivity contribution in [3.05, 3.63) is 0 Å². The van der Waals surface area contributed by atoms with Gasteiger partial charge in [0.1, 0.15) is 11.7 Å². The van der Waals surface area contributed by atoms with Gasteiger partial charge in [0.2, 0.25) is 0 Å². The quantitative estimate of drug-likeness (QED) is 0.856. The molecule has 1 spiro atoms. The molecule has 1 saturated carbocycles. The van der Waals surface area contributed by atoms with Crippen LogP contribution in [0.5, 0.6) is 0 Å². The Morgan fingerprint density at radius 1 is 1.08 bits per heavy atom. The monoisotopic (exact) mass is 340 g/mol. The molecule has 5 heteroatoms. The number of hydrogen-bond acceptors (Lipinski definition) is 5. The molecule has 0 amide bonds. The van der Waals surface area contributed by atoms with Crippen molar-refractivity contribution in [3.63, 3.8) is 0 Å². The average molecular weight is 340 g/mol. The van der Waals surface area contributed by atoms with Crippen molar-refractivity contribution >= 4 is 0 Å². The van der Waals surface area contributed by atoms with Crippen LogP contribution in [-0.2, 0) is 18.9 Å². The van der Waals surface area contributed by atoms with E-state index >= 15 is 0 Å². The van der Waals surface area contributed by atoms with Crippen LogP contribution in [0, 0.1) is 11.8 Å². The Balaban J connectivity index is 1.53. The third kappa shape index (κ3) is 2.73. The minimum Gasteiger partial charge on any atom is -0.369 e. The van der Waals surface area contributed by atoms with Crippen LogP contribution >= 0.6 is 0 Å². The van der Waals surface area contributed by atoms with E-state index in [-0.39, 0.29) is 24.4 Å². The summed E-state index contributed by atoms with van der Waals surface area (Å²) >= 11 is 0. The Labute approximate surface area is 145 Å². The highest BCUT2D eigenvalue weighted by atomic mass is 16.8. The van der Waals surface area contributed by atoms with Crippen molar-refractivity contribution in [1.82, 2.24) is 0 Å². The second kappa shape index (κ2) is 5.40. The predicted octanol–water partition coefficient (Wildman–Crippen LogP) is 2.99. The number of rotatable bonds is 3. The second-order valence-electron chi connectivity index (χ2n) is 9.29. The van der Waals surface area contributed by atoms with Crippen molar-refractivity contribution < 1.29 is 24.1 Å². The van der Waals surface area contributed by atoms with Gasteiger partial charge in [-0.15, -0.1) is 0 Å². The first-order valence-electron chi connectivity index (χ1n) is 9.55. The summed E-state index contributed by atoms with van der Waals surface area (Å²) in [6, 6.07) is 0. The first-order valence-corrected chi connectivity index (χ1v) is 9.55. The second-order valence-corrected chi connectivity index (χ2v) is 9.29. The van der Waals surface area contributed by atoms with Crippen LogP contribution in [0.3, 0.4) is 0 Å². The molecule has 0 unspecified atom stereocenters. The molecule has 0 aromatic heterocycles. The van der Waals surface area contributed by atoms with Gasteiger partial charge in [-0.05, 0) is 32.1 Å². The molecule has 4 rings (SSSR count). The standard InChI is InChI=1S/C19H32O5/c1-11(2)12(3)8-19(20)7-6-15-18(24-19)9-13(21-15)16-14(10-18)22-17(4,5)23-16/h11-16,20H,6-10H2,1-5H3/t12-,13-,14-,15+,16+,18-,19+/m1/s1. The fourth-order valence-electron chi connectivity index (χ4n) is 5.09. The van der Waals surface area contributed by atoms with Crippen LogP contribution in [0.1, 0.15) is 66.7 Å². The highest BCUT2D eigenvalue weighted by Crippen LogP contribution is 2.55. The van der Waals surface area contributed by atoms with Gasteiger partial charge < -0.3 is 24.1 Å². The molecule has 5 nitrogen and oxygen atoms in total. The first kappa shape index (κ1) is 17.2. The molecule has 24 heavy (non-hydrogen) atoms. The van der Waals surface area contributed by atoms with Gasteiger partial charge >= 0.3 is 0 Å². The summed E-state index contributed by atoms with van der Waals surface area (Å²) in [6.07, 6.45) is 3.78. The highest BCUT2D eigenvalue weighted by Gasteiger charge is 2.65. The lowest BCUT2D eigenvalue weighted by molar-refractivity contribution is -0.317. The summed E-state index contributed by atoms with van der Waals surface area (Å²) in [4.78, 5) is 0. The summed E-state index contributed by atoms with van der Waals surface area (Å²) in [5.74, 6) is -0.655. The molecular formula is C19H32O5. The van der Waals surface area contributed by atoms with Crippen LogP contribution in [0.4, 0.5) is 0 Å². The molecule has 7 atom stereocenters. The third-order valence-corrected chi connectivity index (χ3v) is 6.58. The van der Waals surface area contributed by atoms with Gasteiger partial charge in [-0.2, -0.15) is 0 Å². The molecule has 1 N–H and O–H groups in total. The maximum absolute atomic E-state index is 11.1. The normalized spacial score (nSPS) is 50.6. The average Bonchev–Trinajstić information content (AvgIpc) is 2.92. The van der Waals surface area contributed by atoms with Gasteiger partial charge in [0.25, 0.3) is 0 Å². The van der Waals surface area contributed by atoms with Crippen LogP contribution in [0.15, 0.2) is 0 Å². The number of aliphatic hydroxyl groups is 1. The van der Waals surface area contributed by atoms with Crippen molar-refractivity contribution in [3.8, 4) is 0 Å². The molecule has 3 aliphatic heterocycles. The predicted molar refractivity (Wildman–Crippen MR) is 88.3 cm³/mol. The minimum atomic E-state index is -1.04. The largest absolute Gasteiger partial charge is 0.369 e. The molecule has 3 saturated heterocycles. The Morgan fingerprint density at radius 2 is 1.79 bits per heavy atom. The maximum atomic E-state index is 11.1. The van der Waals surface area contributed by atoms with Crippen LogP contribution < -0.4 is 0 Å². The van der Waals surface area contributed by atoms with E-state index in [1.165, 1.54) is 0 Å². The zero-order valence-electron chi connectivity index (χ0n) is 15.6. The van der Waals surface area contributed by atoms with Gasteiger partial charge in [-0.3, -0.25) is 0 Å². The molecule has 4 aliphatic rings. The van der Waals surface area contributed by atoms with E-state index < -0.39 is 17.2 Å². The van der Waals surface area contributed by atoms with Crippen molar-refractivity contribution in [2.75, 3.05) is 0 Å². The fourth-order valence-corrected chi connectivity index (χ4v) is 5.09. The van der Waals surface area contributed by atoms with E-state index in [4.69, 9.17) is 18.9 Å². The molecule has 3 heterocycles. The van der Waals surface area contributed by atoms with Crippen molar-refractivity contribution in [2.24, 2.45) is 11.8 Å². The van der Waals surface area contributed by atoms with Crippen LogP contribution in [0.25, 0.3) is 0 Å². The number of hydrogen-bond donors (Lipinski definition) is 1. The lowest BCUT2D eigenvalue weighted by Crippen LogP contribution is -2.58. The molecule has 0 radical (unpaired) electrons. The van der Waals surface area contributed by atoms with Crippen molar-refractivity contribution in [1.29, 1.82) is 0 Å². The van der Waals surface area contributed by atoms with E-state index in [1.54, 1.807) is 0 Å². The smallest absolute Gasteiger partial charge is 0.166 e. The third-order valence-electron chi connectivity index (χ3n) is 6.58. The summed E-state index contributed by atoms with van der Waals surface area (Å²) in [7, 11) is 0. The molecule has 4 fully saturated rings. The molecule has 0 aromatic carbocycles. The van der Waals surface area contributed by atoms with Crippen LogP contribution in [0.2, 0.25) is 0 Å². The number of ether oxygens (including phenoxy) is 4. The SMILES string of the molecule is CC(C)[C@H](C)C[C@]1(O)CC[C@@H]2O[C@@H]3C[C@]2(C[C@H]2OC(C)(C)O[C@@H]32)O1. The topological polar surface area (TPSA) is 57.2 Å². The first-order chi connectivity index (χ1) is 11.1. The van der Waals surface area contributed by atoms with Crippen LogP contribution in [-0.4, -0.2) is 46.7 Å². The van der Waals surface area contributed by atoms with E-state index in [9.17, 15) is 5.11 Å².